The van der Waals surface area contributed by atoms with Gasteiger partial charge in [-0.25, -0.2) is 9.97 Å². The normalized spacial score (nSPS) is 22.9. The lowest BCUT2D eigenvalue weighted by Crippen LogP contribution is -2.35. The summed E-state index contributed by atoms with van der Waals surface area (Å²) < 4.78 is 6.14. The maximum absolute atomic E-state index is 6.14. The zero-order valence-electron chi connectivity index (χ0n) is 11.9. The van der Waals surface area contributed by atoms with Crippen LogP contribution in [-0.2, 0) is 0 Å². The van der Waals surface area contributed by atoms with E-state index < -0.39 is 0 Å². The molecule has 1 aromatic heterocycles. The molecule has 3 rings (SSSR count). The van der Waals surface area contributed by atoms with Gasteiger partial charge in [-0.15, -0.1) is 0 Å². The largest absolute Gasteiger partial charge is 0.473 e. The highest BCUT2D eigenvalue weighted by Gasteiger charge is 2.26. The second-order valence-corrected chi connectivity index (χ2v) is 5.54. The van der Waals surface area contributed by atoms with Crippen molar-refractivity contribution in [2.24, 2.45) is 11.7 Å². The van der Waals surface area contributed by atoms with Crippen LogP contribution >= 0.6 is 0 Å². The first-order chi connectivity index (χ1) is 9.78. The van der Waals surface area contributed by atoms with Crippen molar-refractivity contribution in [2.45, 2.75) is 38.7 Å². The summed E-state index contributed by atoms with van der Waals surface area (Å²) in [4.78, 5) is 9.19. The fourth-order valence-electron chi connectivity index (χ4n) is 2.93. The van der Waals surface area contributed by atoms with Crippen molar-refractivity contribution < 1.29 is 4.74 Å². The molecule has 1 fully saturated rings. The molecule has 0 saturated heterocycles. The van der Waals surface area contributed by atoms with Gasteiger partial charge in [-0.05, 0) is 44.9 Å². The Hall–Kier alpha value is -1.68. The second-order valence-electron chi connectivity index (χ2n) is 5.54. The van der Waals surface area contributed by atoms with Gasteiger partial charge in [0, 0.05) is 5.92 Å². The number of nitrogens with zero attached hydrogens (tertiary/aromatic N) is 2. The molecule has 1 aromatic carbocycles. The standard InChI is InChI=1S/C16H21N3O/c1-11-16(19-14-8-4-3-7-13(14)18-11)20-15-9-5-2-6-12(15)10-17/h3-4,7-8,12,15H,2,5-6,9-10,17H2,1H3. The highest BCUT2D eigenvalue weighted by atomic mass is 16.5. The van der Waals surface area contributed by atoms with Crippen molar-refractivity contribution in [2.75, 3.05) is 6.54 Å². The summed E-state index contributed by atoms with van der Waals surface area (Å²) >= 11 is 0. The van der Waals surface area contributed by atoms with Gasteiger partial charge in [0.2, 0.25) is 5.88 Å². The topological polar surface area (TPSA) is 61.0 Å². The molecule has 0 radical (unpaired) electrons. The van der Waals surface area contributed by atoms with Crippen molar-refractivity contribution in [3.05, 3.63) is 30.0 Å². The Morgan fingerprint density at radius 1 is 1.15 bits per heavy atom. The van der Waals surface area contributed by atoms with Crippen LogP contribution in [0.2, 0.25) is 0 Å². The lowest BCUT2D eigenvalue weighted by Gasteiger charge is -2.30. The average molecular weight is 271 g/mol. The molecule has 106 valence electrons. The number of fused-ring (bicyclic) bond motifs is 1. The Morgan fingerprint density at radius 3 is 2.60 bits per heavy atom. The molecule has 4 nitrogen and oxygen atoms in total. The molecular weight excluding hydrogens is 250 g/mol. The smallest absolute Gasteiger partial charge is 0.236 e. The summed E-state index contributed by atoms with van der Waals surface area (Å²) in [5, 5.41) is 0. The van der Waals surface area contributed by atoms with E-state index in [0.717, 1.165) is 29.6 Å². The quantitative estimate of drug-likeness (QED) is 0.932. The van der Waals surface area contributed by atoms with E-state index in [-0.39, 0.29) is 6.10 Å². The van der Waals surface area contributed by atoms with E-state index in [9.17, 15) is 0 Å². The first-order valence-corrected chi connectivity index (χ1v) is 7.38. The van der Waals surface area contributed by atoms with Crippen LogP contribution in [0.15, 0.2) is 24.3 Å². The molecule has 2 N–H and O–H groups in total. The molecule has 2 aromatic rings. The Balaban J connectivity index is 1.87. The molecule has 0 bridgehead atoms. The van der Waals surface area contributed by atoms with Gasteiger partial charge in [0.05, 0.1) is 11.0 Å². The molecule has 4 heteroatoms. The molecule has 1 aliphatic carbocycles. The molecule has 0 spiro atoms. The maximum atomic E-state index is 6.14. The fourth-order valence-corrected chi connectivity index (χ4v) is 2.93. The van der Waals surface area contributed by atoms with E-state index in [2.05, 4.69) is 9.97 Å². The summed E-state index contributed by atoms with van der Waals surface area (Å²) in [6.45, 7) is 2.64. The van der Waals surface area contributed by atoms with Crippen molar-refractivity contribution in [3.8, 4) is 5.88 Å². The minimum atomic E-state index is 0.183. The molecule has 20 heavy (non-hydrogen) atoms. The van der Waals surface area contributed by atoms with Crippen molar-refractivity contribution in [1.82, 2.24) is 9.97 Å². The Morgan fingerprint density at radius 2 is 1.85 bits per heavy atom. The predicted octanol–water partition coefficient (Wildman–Crippen LogP) is 2.83. The van der Waals surface area contributed by atoms with E-state index in [1.54, 1.807) is 0 Å². The molecule has 1 saturated carbocycles. The second kappa shape index (κ2) is 5.75. The molecule has 0 amide bonds. The molecule has 2 unspecified atom stereocenters. The number of aromatic nitrogens is 2. The van der Waals surface area contributed by atoms with Crippen LogP contribution in [0.4, 0.5) is 0 Å². The number of aryl methyl sites for hydroxylation is 1. The van der Waals surface area contributed by atoms with Gasteiger partial charge < -0.3 is 10.5 Å². The third kappa shape index (κ3) is 2.61. The highest BCUT2D eigenvalue weighted by Crippen LogP contribution is 2.28. The summed E-state index contributed by atoms with van der Waals surface area (Å²) in [7, 11) is 0. The molecule has 1 aliphatic rings. The zero-order chi connectivity index (χ0) is 13.9. The highest BCUT2D eigenvalue weighted by molar-refractivity contribution is 5.74. The number of benzene rings is 1. The number of nitrogens with two attached hydrogens (primary N) is 1. The van der Waals surface area contributed by atoms with E-state index in [0.29, 0.717) is 18.3 Å². The first-order valence-electron chi connectivity index (χ1n) is 7.38. The predicted molar refractivity (Wildman–Crippen MR) is 79.7 cm³/mol. The van der Waals surface area contributed by atoms with Gasteiger partial charge in [0.15, 0.2) is 0 Å². The molecule has 0 aliphatic heterocycles. The molecule has 2 atom stereocenters. The average Bonchev–Trinajstić information content (AvgIpc) is 2.48. The van der Waals surface area contributed by atoms with Gasteiger partial charge in [0.25, 0.3) is 0 Å². The van der Waals surface area contributed by atoms with Gasteiger partial charge in [-0.1, -0.05) is 18.6 Å². The van der Waals surface area contributed by atoms with E-state index in [4.69, 9.17) is 10.5 Å². The van der Waals surface area contributed by atoms with Crippen LogP contribution in [0.3, 0.4) is 0 Å². The SMILES string of the molecule is Cc1nc2ccccc2nc1OC1CCCCC1CN. The van der Waals surface area contributed by atoms with Gasteiger partial charge >= 0.3 is 0 Å². The van der Waals surface area contributed by atoms with Crippen LogP contribution in [-0.4, -0.2) is 22.6 Å². The third-order valence-corrected chi connectivity index (χ3v) is 4.11. The Kier molecular flexibility index (Phi) is 3.83. The van der Waals surface area contributed by atoms with Crippen molar-refractivity contribution in [1.29, 1.82) is 0 Å². The van der Waals surface area contributed by atoms with Gasteiger partial charge in [-0.3, -0.25) is 0 Å². The van der Waals surface area contributed by atoms with E-state index in [1.165, 1.54) is 12.8 Å². The summed E-state index contributed by atoms with van der Waals surface area (Å²) in [6, 6.07) is 7.89. The van der Waals surface area contributed by atoms with E-state index in [1.807, 2.05) is 31.2 Å². The van der Waals surface area contributed by atoms with Crippen LogP contribution in [0, 0.1) is 12.8 Å². The molecular formula is C16H21N3O. The third-order valence-electron chi connectivity index (χ3n) is 4.11. The van der Waals surface area contributed by atoms with E-state index >= 15 is 0 Å². The molecule has 1 heterocycles. The maximum Gasteiger partial charge on any atom is 0.236 e. The zero-order valence-corrected chi connectivity index (χ0v) is 11.9. The number of para-hydroxylation sites is 2. The summed E-state index contributed by atoms with van der Waals surface area (Å²) in [5.74, 6) is 1.10. The number of hydrogen-bond acceptors (Lipinski definition) is 4. The summed E-state index contributed by atoms with van der Waals surface area (Å²) in [5.41, 5.74) is 8.51. The van der Waals surface area contributed by atoms with Gasteiger partial charge in [0.1, 0.15) is 11.8 Å². The van der Waals surface area contributed by atoms with Crippen molar-refractivity contribution >= 4 is 11.0 Å². The van der Waals surface area contributed by atoms with Crippen LogP contribution in [0.5, 0.6) is 5.88 Å². The Labute approximate surface area is 119 Å². The lowest BCUT2D eigenvalue weighted by atomic mass is 9.86. The first kappa shape index (κ1) is 13.3. The minimum absolute atomic E-state index is 0.183. The summed E-state index contributed by atoms with van der Waals surface area (Å²) in [6.07, 6.45) is 4.87. The Bertz CT molecular complexity index is 599. The van der Waals surface area contributed by atoms with Gasteiger partial charge in [-0.2, -0.15) is 0 Å². The van der Waals surface area contributed by atoms with Crippen LogP contribution in [0.1, 0.15) is 31.4 Å². The monoisotopic (exact) mass is 271 g/mol. The number of hydrogen-bond donors (Lipinski definition) is 1. The van der Waals surface area contributed by atoms with Crippen LogP contribution < -0.4 is 10.5 Å². The minimum Gasteiger partial charge on any atom is -0.473 e. The number of ether oxygens (including phenoxy) is 1. The number of rotatable bonds is 3. The fraction of sp³-hybridized carbons (Fsp3) is 0.500. The van der Waals surface area contributed by atoms with Crippen molar-refractivity contribution in [3.63, 3.8) is 0 Å². The van der Waals surface area contributed by atoms with Crippen LogP contribution in [0.25, 0.3) is 11.0 Å². The lowest BCUT2D eigenvalue weighted by molar-refractivity contribution is 0.0914.